The van der Waals surface area contributed by atoms with Crippen molar-refractivity contribution in [2.45, 2.75) is 26.0 Å². The zero-order chi connectivity index (χ0) is 25.4. The van der Waals surface area contributed by atoms with Gasteiger partial charge in [0.1, 0.15) is 0 Å². The van der Waals surface area contributed by atoms with Crippen molar-refractivity contribution in [2.24, 2.45) is 18.9 Å². The lowest BCUT2D eigenvalue weighted by Gasteiger charge is -2.34. The summed E-state index contributed by atoms with van der Waals surface area (Å²) in [7, 11) is 2.19. The summed E-state index contributed by atoms with van der Waals surface area (Å²) in [5.41, 5.74) is 12.1. The first-order chi connectivity index (χ1) is 18.7. The molecule has 0 radical (unpaired) electrons. The van der Waals surface area contributed by atoms with Crippen LogP contribution < -0.4 is 10.4 Å². The lowest BCUT2D eigenvalue weighted by Crippen LogP contribution is -2.27. The molecule has 1 aliphatic heterocycles. The first-order valence-electron chi connectivity index (χ1n) is 14.0. The van der Waals surface area contributed by atoms with Gasteiger partial charge in [0.05, 0.1) is 5.69 Å². The third kappa shape index (κ3) is 3.34. The molecule has 0 spiro atoms. The average molecular weight is 490 g/mol. The molecule has 0 bridgehead atoms. The van der Waals surface area contributed by atoms with Crippen LogP contribution in [0.3, 0.4) is 0 Å². The summed E-state index contributed by atoms with van der Waals surface area (Å²) in [5, 5.41) is 2.73. The van der Waals surface area contributed by atoms with E-state index in [0.717, 1.165) is 24.6 Å². The Labute approximate surface area is 225 Å². The lowest BCUT2D eigenvalue weighted by molar-refractivity contribution is 0.963. The minimum Gasteiger partial charge on any atom is -0.344 e. The van der Waals surface area contributed by atoms with Crippen LogP contribution in [0.15, 0.2) is 109 Å². The predicted molar refractivity (Wildman–Crippen MR) is 163 cm³/mol. The van der Waals surface area contributed by atoms with Gasteiger partial charge < -0.3 is 9.47 Å². The van der Waals surface area contributed by atoms with E-state index in [9.17, 15) is 0 Å². The molecule has 3 heteroatoms. The Balaban J connectivity index is 1.21. The molecule has 0 saturated heterocycles. The Hall–Kier alpha value is -3.98. The van der Waals surface area contributed by atoms with Gasteiger partial charge in [0.25, 0.3) is 0 Å². The topological polar surface area (TPSA) is 8.17 Å². The predicted octanol–water partition coefficient (Wildman–Crippen LogP) is 8.17. The van der Waals surface area contributed by atoms with Crippen molar-refractivity contribution >= 4 is 51.0 Å². The summed E-state index contributed by atoms with van der Waals surface area (Å²) in [5.74, 6) is 1.65. The fourth-order valence-corrected chi connectivity index (χ4v) is 6.96. The highest BCUT2D eigenvalue weighted by Crippen LogP contribution is 2.48. The molecule has 0 N–H and O–H groups in total. The third-order valence-corrected chi connectivity index (χ3v) is 9.14. The molecule has 2 aliphatic carbocycles. The molecule has 0 amide bonds. The largest absolute Gasteiger partial charge is 0.344 e. The van der Waals surface area contributed by atoms with Gasteiger partial charge in [-0.2, -0.15) is 0 Å². The molecular formula is C35H31BN2. The van der Waals surface area contributed by atoms with E-state index in [2.05, 4.69) is 126 Å². The van der Waals surface area contributed by atoms with E-state index >= 15 is 0 Å². The second-order valence-corrected chi connectivity index (χ2v) is 11.5. The molecule has 1 fully saturated rings. The van der Waals surface area contributed by atoms with Crippen LogP contribution in [0.1, 0.15) is 17.5 Å². The maximum absolute atomic E-state index is 2.52. The molecule has 3 aliphatic rings. The van der Waals surface area contributed by atoms with Crippen LogP contribution in [0.4, 0.5) is 17.1 Å². The molecule has 2 nitrogen and oxygen atoms in total. The van der Waals surface area contributed by atoms with Crippen molar-refractivity contribution in [1.29, 1.82) is 0 Å². The van der Waals surface area contributed by atoms with Crippen molar-refractivity contribution in [1.82, 2.24) is 4.57 Å². The van der Waals surface area contributed by atoms with E-state index in [-0.39, 0.29) is 0 Å². The Morgan fingerprint density at radius 1 is 0.816 bits per heavy atom. The highest BCUT2D eigenvalue weighted by atomic mass is 15.2. The summed E-state index contributed by atoms with van der Waals surface area (Å²) in [6.45, 7) is 2.87. The van der Waals surface area contributed by atoms with Gasteiger partial charge in [0, 0.05) is 46.6 Å². The standard InChI is InChI=1S/C35H31BN2/c1-36(22-23-11-12-24-20-26(24)19-23)27-13-15-28(16-14-27)38-31-9-5-3-7-25(31)21-30-33(38)17-18-34-35(30)29-8-4-6-10-32(29)37(34)2/h3-19,24,26H,20-22H2,1-2H3. The molecule has 184 valence electrons. The molecule has 5 aromatic rings. The van der Waals surface area contributed by atoms with Gasteiger partial charge in [0.15, 0.2) is 6.71 Å². The molecule has 1 saturated carbocycles. The maximum atomic E-state index is 2.52. The van der Waals surface area contributed by atoms with Crippen molar-refractivity contribution in [3.05, 3.63) is 120 Å². The Kier molecular flexibility index (Phi) is 4.79. The van der Waals surface area contributed by atoms with Crippen molar-refractivity contribution in [3.63, 3.8) is 0 Å². The Morgan fingerprint density at radius 3 is 2.50 bits per heavy atom. The monoisotopic (exact) mass is 490 g/mol. The fraction of sp³-hybridized carbons (Fsp3) is 0.200. The van der Waals surface area contributed by atoms with Gasteiger partial charge in [-0.1, -0.05) is 84.6 Å². The molecule has 4 aromatic carbocycles. The normalized spacial score (nSPS) is 19.2. The summed E-state index contributed by atoms with van der Waals surface area (Å²) in [6, 6.07) is 31.7. The third-order valence-electron chi connectivity index (χ3n) is 9.14. The zero-order valence-corrected chi connectivity index (χ0v) is 22.1. The van der Waals surface area contributed by atoms with Crippen LogP contribution in [-0.2, 0) is 13.5 Å². The summed E-state index contributed by atoms with van der Waals surface area (Å²) in [4.78, 5) is 2.48. The van der Waals surface area contributed by atoms with E-state index in [1.54, 1.807) is 0 Å². The van der Waals surface area contributed by atoms with E-state index in [0.29, 0.717) is 6.71 Å². The SMILES string of the molecule is CB(CC1=CC2CC2C=C1)c1ccc(N2c3ccccc3Cc3c2ccc2c3c3ccccc3n2C)cc1. The number of rotatable bonds is 4. The Bertz CT molecular complexity index is 1790. The second kappa shape index (κ2) is 8.26. The molecule has 2 atom stereocenters. The highest BCUT2D eigenvalue weighted by molar-refractivity contribution is 6.72. The molecule has 2 heterocycles. The number of hydrogen-bond acceptors (Lipinski definition) is 1. The van der Waals surface area contributed by atoms with Gasteiger partial charge in [0.2, 0.25) is 0 Å². The molecule has 8 rings (SSSR count). The molecule has 1 aromatic heterocycles. The van der Waals surface area contributed by atoms with Gasteiger partial charge in [-0.15, -0.1) is 0 Å². The summed E-state index contributed by atoms with van der Waals surface area (Å²) < 4.78 is 2.34. The number of aromatic nitrogens is 1. The van der Waals surface area contributed by atoms with Crippen LogP contribution in [0.5, 0.6) is 0 Å². The van der Waals surface area contributed by atoms with Gasteiger partial charge in [-0.05, 0) is 72.1 Å². The van der Waals surface area contributed by atoms with E-state index in [1.807, 2.05) is 0 Å². The van der Waals surface area contributed by atoms with Crippen LogP contribution in [0, 0.1) is 11.8 Å². The number of aryl methyl sites for hydroxylation is 1. The van der Waals surface area contributed by atoms with Crippen molar-refractivity contribution in [3.8, 4) is 0 Å². The van der Waals surface area contributed by atoms with E-state index in [4.69, 9.17) is 0 Å². The van der Waals surface area contributed by atoms with Crippen molar-refractivity contribution in [2.75, 3.05) is 4.90 Å². The number of fused-ring (bicyclic) bond motifs is 7. The molecule has 2 unspecified atom stereocenters. The summed E-state index contributed by atoms with van der Waals surface area (Å²) >= 11 is 0. The minimum atomic E-state index is 0.506. The van der Waals surface area contributed by atoms with E-state index < -0.39 is 0 Å². The van der Waals surface area contributed by atoms with Crippen LogP contribution >= 0.6 is 0 Å². The van der Waals surface area contributed by atoms with Gasteiger partial charge >= 0.3 is 0 Å². The number of para-hydroxylation sites is 2. The fourth-order valence-electron chi connectivity index (χ4n) is 6.96. The highest BCUT2D eigenvalue weighted by Gasteiger charge is 2.35. The van der Waals surface area contributed by atoms with Crippen LogP contribution in [0.2, 0.25) is 13.1 Å². The first kappa shape index (κ1) is 22.0. The van der Waals surface area contributed by atoms with Gasteiger partial charge in [-0.25, -0.2) is 0 Å². The summed E-state index contributed by atoms with van der Waals surface area (Å²) in [6.07, 6.45) is 10.7. The minimum absolute atomic E-state index is 0.506. The number of benzene rings is 4. The smallest absolute Gasteiger partial charge is 0.177 e. The average Bonchev–Trinajstić information content (AvgIpc) is 3.68. The number of nitrogens with zero attached hydrogens (tertiary/aromatic N) is 2. The number of hydrogen-bond donors (Lipinski definition) is 0. The molecule has 38 heavy (non-hydrogen) atoms. The van der Waals surface area contributed by atoms with E-state index in [1.165, 1.54) is 67.5 Å². The molecular weight excluding hydrogens is 459 g/mol. The number of allylic oxidation sites excluding steroid dienone is 4. The maximum Gasteiger partial charge on any atom is 0.177 e. The van der Waals surface area contributed by atoms with Gasteiger partial charge in [-0.3, -0.25) is 0 Å². The zero-order valence-electron chi connectivity index (χ0n) is 22.1. The van der Waals surface area contributed by atoms with Crippen LogP contribution in [-0.4, -0.2) is 11.3 Å². The first-order valence-corrected chi connectivity index (χ1v) is 14.0. The van der Waals surface area contributed by atoms with Crippen molar-refractivity contribution < 1.29 is 0 Å². The lowest BCUT2D eigenvalue weighted by atomic mass is 9.43. The quantitative estimate of drug-likeness (QED) is 0.226. The Morgan fingerprint density at radius 2 is 1.63 bits per heavy atom. The second-order valence-electron chi connectivity index (χ2n) is 11.5. The van der Waals surface area contributed by atoms with Crippen LogP contribution in [0.25, 0.3) is 21.8 Å². The number of anilines is 3.